The van der Waals surface area contributed by atoms with Gasteiger partial charge in [-0.3, -0.25) is 0 Å². The van der Waals surface area contributed by atoms with Gasteiger partial charge in [0.05, 0.1) is 12.8 Å². The van der Waals surface area contributed by atoms with E-state index in [2.05, 4.69) is 0 Å². The highest BCUT2D eigenvalue weighted by atomic mass is 19.4. The third-order valence-electron chi connectivity index (χ3n) is 1.36. The molecule has 0 rings (SSSR count). The highest BCUT2D eigenvalue weighted by Crippen LogP contribution is 2.28. The molecule has 0 aromatic heterocycles. The highest BCUT2D eigenvalue weighted by molar-refractivity contribution is 4.72. The van der Waals surface area contributed by atoms with Crippen LogP contribution in [0.15, 0.2) is 0 Å². The lowest BCUT2D eigenvalue weighted by molar-refractivity contribution is -0.164. The van der Waals surface area contributed by atoms with Crippen LogP contribution in [0.1, 0.15) is 12.8 Å². The molecule has 0 aliphatic carbocycles. The fraction of sp³-hybridized carbons (Fsp3) is 1.00. The van der Waals surface area contributed by atoms with Crippen LogP contribution in [-0.2, 0) is 0 Å². The minimum absolute atomic E-state index is 1.07. The maximum atomic E-state index is 11.7. The summed E-state index contributed by atoms with van der Waals surface area (Å²) in [4.78, 5) is 0. The Labute approximate surface area is 71.1 Å². The van der Waals surface area contributed by atoms with Gasteiger partial charge in [0, 0.05) is 6.04 Å². The highest BCUT2D eigenvalue weighted by Gasteiger charge is 2.37. The van der Waals surface area contributed by atoms with Crippen LogP contribution in [0.25, 0.3) is 0 Å². The molecule has 1 nitrogen and oxygen atoms in total. The van der Waals surface area contributed by atoms with E-state index in [1.807, 2.05) is 5.32 Å². The van der Waals surface area contributed by atoms with Crippen LogP contribution < -0.4 is 5.32 Å². The van der Waals surface area contributed by atoms with Crippen molar-refractivity contribution in [2.45, 2.75) is 31.2 Å². The second-order valence-corrected chi connectivity index (χ2v) is 2.62. The normalized spacial score (nSPS) is 13.8. The number of alkyl halides is 6. The van der Waals surface area contributed by atoms with Gasteiger partial charge >= 0.3 is 12.4 Å². The van der Waals surface area contributed by atoms with Crippen molar-refractivity contribution in [3.05, 3.63) is 0 Å². The van der Waals surface area contributed by atoms with Gasteiger partial charge in [-0.2, -0.15) is 26.3 Å². The summed E-state index contributed by atoms with van der Waals surface area (Å²) in [5.41, 5.74) is 0. The van der Waals surface area contributed by atoms with E-state index in [-0.39, 0.29) is 0 Å². The molecule has 0 atom stereocenters. The Morgan fingerprint density at radius 1 is 0.923 bits per heavy atom. The monoisotopic (exact) mass is 209 g/mol. The Morgan fingerprint density at radius 3 is 1.38 bits per heavy atom. The predicted octanol–water partition coefficient (Wildman–Crippen LogP) is 2.48. The van der Waals surface area contributed by atoms with E-state index in [0.717, 1.165) is 7.05 Å². The molecule has 0 heterocycles. The molecule has 80 valence electrons. The topological polar surface area (TPSA) is 12.0 Å². The number of hydrogen-bond acceptors (Lipinski definition) is 1. The molecule has 0 fully saturated rings. The lowest BCUT2D eigenvalue weighted by Gasteiger charge is -2.19. The van der Waals surface area contributed by atoms with Gasteiger partial charge in [0.25, 0.3) is 0 Å². The Morgan fingerprint density at radius 2 is 1.23 bits per heavy atom. The maximum absolute atomic E-state index is 11.7. The van der Waals surface area contributed by atoms with Crippen molar-refractivity contribution < 1.29 is 26.3 Å². The second-order valence-electron chi connectivity index (χ2n) is 2.62. The molecule has 0 saturated carbocycles. The third kappa shape index (κ3) is 7.89. The molecule has 0 aromatic rings. The van der Waals surface area contributed by atoms with Gasteiger partial charge in [-0.15, -0.1) is 0 Å². The minimum atomic E-state index is -4.57. The van der Waals surface area contributed by atoms with E-state index in [1.165, 1.54) is 0 Å². The third-order valence-corrected chi connectivity index (χ3v) is 1.36. The van der Waals surface area contributed by atoms with Crippen LogP contribution in [-0.4, -0.2) is 25.4 Å². The van der Waals surface area contributed by atoms with E-state index in [4.69, 9.17) is 0 Å². The number of hydrogen-bond donors (Lipinski definition) is 1. The van der Waals surface area contributed by atoms with Gasteiger partial charge in [-0.05, 0) is 7.05 Å². The van der Waals surface area contributed by atoms with E-state index in [9.17, 15) is 26.3 Å². The number of rotatable bonds is 3. The maximum Gasteiger partial charge on any atom is 0.390 e. The second kappa shape index (κ2) is 4.17. The first-order valence-electron chi connectivity index (χ1n) is 3.45. The van der Waals surface area contributed by atoms with Crippen molar-refractivity contribution in [2.24, 2.45) is 0 Å². The molecule has 0 radical (unpaired) electrons. The zero-order valence-electron chi connectivity index (χ0n) is 6.76. The van der Waals surface area contributed by atoms with Crippen molar-refractivity contribution in [1.29, 1.82) is 0 Å². The van der Waals surface area contributed by atoms with Gasteiger partial charge in [-0.25, -0.2) is 0 Å². The quantitative estimate of drug-likeness (QED) is 0.704. The average Bonchev–Trinajstić information content (AvgIpc) is 1.79. The molecule has 0 bridgehead atoms. The summed E-state index contributed by atoms with van der Waals surface area (Å²) in [5, 5.41) is 1.98. The summed E-state index contributed by atoms with van der Waals surface area (Å²) < 4.78 is 70.0. The van der Waals surface area contributed by atoms with E-state index < -0.39 is 31.2 Å². The molecule has 0 aromatic carbocycles. The fourth-order valence-electron chi connectivity index (χ4n) is 0.835. The zero-order chi connectivity index (χ0) is 10.7. The molecule has 7 heteroatoms. The first-order valence-corrected chi connectivity index (χ1v) is 3.45. The number of nitrogens with one attached hydrogen (secondary N) is 1. The van der Waals surface area contributed by atoms with Gasteiger partial charge in [0.15, 0.2) is 0 Å². The van der Waals surface area contributed by atoms with Crippen molar-refractivity contribution in [3.63, 3.8) is 0 Å². The van der Waals surface area contributed by atoms with Gasteiger partial charge in [0.1, 0.15) is 0 Å². The summed E-state index contributed by atoms with van der Waals surface area (Å²) in [6.45, 7) is 0. The van der Waals surface area contributed by atoms with Crippen LogP contribution in [0.3, 0.4) is 0 Å². The average molecular weight is 209 g/mol. The number of halogens is 6. The molecule has 0 aliphatic rings. The Hall–Kier alpha value is -0.460. The summed E-state index contributed by atoms with van der Waals surface area (Å²) in [5.74, 6) is 0. The van der Waals surface area contributed by atoms with Crippen LogP contribution in [0.5, 0.6) is 0 Å². The first-order chi connectivity index (χ1) is 5.64. The Balaban J connectivity index is 4.05. The van der Waals surface area contributed by atoms with Crippen molar-refractivity contribution >= 4 is 0 Å². The van der Waals surface area contributed by atoms with E-state index in [1.54, 1.807) is 0 Å². The summed E-state index contributed by atoms with van der Waals surface area (Å²) in [6, 6.07) is -1.60. The molecular formula is C6H9F6N. The molecule has 13 heavy (non-hydrogen) atoms. The van der Waals surface area contributed by atoms with Crippen LogP contribution >= 0.6 is 0 Å². The first kappa shape index (κ1) is 12.5. The fourth-order valence-corrected chi connectivity index (χ4v) is 0.835. The standard InChI is InChI=1S/C6H9F6N/c1-13-4(2-5(7,8)9)3-6(10,11)12/h4,13H,2-3H2,1H3. The van der Waals surface area contributed by atoms with Gasteiger partial charge < -0.3 is 5.32 Å². The van der Waals surface area contributed by atoms with E-state index >= 15 is 0 Å². The lowest BCUT2D eigenvalue weighted by Crippen LogP contribution is -2.35. The van der Waals surface area contributed by atoms with Crippen LogP contribution in [0.2, 0.25) is 0 Å². The molecular weight excluding hydrogens is 200 g/mol. The van der Waals surface area contributed by atoms with Crippen LogP contribution in [0.4, 0.5) is 26.3 Å². The summed E-state index contributed by atoms with van der Waals surface area (Å²) >= 11 is 0. The lowest BCUT2D eigenvalue weighted by atomic mass is 10.1. The molecule has 0 amide bonds. The SMILES string of the molecule is CNC(CC(F)(F)F)CC(F)(F)F. The van der Waals surface area contributed by atoms with Crippen molar-refractivity contribution in [1.82, 2.24) is 5.32 Å². The van der Waals surface area contributed by atoms with Gasteiger partial charge in [0.2, 0.25) is 0 Å². The van der Waals surface area contributed by atoms with Crippen molar-refractivity contribution in [3.8, 4) is 0 Å². The van der Waals surface area contributed by atoms with Gasteiger partial charge in [-0.1, -0.05) is 0 Å². The Kier molecular flexibility index (Phi) is 4.02. The summed E-state index contributed by atoms with van der Waals surface area (Å²) in [7, 11) is 1.07. The van der Waals surface area contributed by atoms with Crippen LogP contribution in [0, 0.1) is 0 Å². The minimum Gasteiger partial charge on any atom is -0.316 e. The molecule has 0 unspecified atom stereocenters. The Bertz CT molecular complexity index is 132. The molecule has 0 spiro atoms. The van der Waals surface area contributed by atoms with Crippen molar-refractivity contribution in [2.75, 3.05) is 7.05 Å². The zero-order valence-corrected chi connectivity index (χ0v) is 6.76. The summed E-state index contributed by atoms with van der Waals surface area (Å²) in [6.07, 6.45) is -12.1. The van der Waals surface area contributed by atoms with E-state index in [0.29, 0.717) is 0 Å². The molecule has 0 saturated heterocycles. The largest absolute Gasteiger partial charge is 0.390 e. The molecule has 1 N–H and O–H groups in total. The molecule has 0 aliphatic heterocycles. The predicted molar refractivity (Wildman–Crippen MR) is 34.2 cm³/mol. The smallest absolute Gasteiger partial charge is 0.316 e.